The third-order valence-corrected chi connectivity index (χ3v) is 3.42. The lowest BCUT2D eigenvalue weighted by Gasteiger charge is -2.20. The average Bonchev–Trinajstić information content (AvgIpc) is 2.47. The fourth-order valence-corrected chi connectivity index (χ4v) is 2.27. The van der Waals surface area contributed by atoms with Gasteiger partial charge in [0.2, 0.25) is 0 Å². The first kappa shape index (κ1) is 13.7. The van der Waals surface area contributed by atoms with Crippen molar-refractivity contribution in [1.29, 1.82) is 0 Å². The van der Waals surface area contributed by atoms with Gasteiger partial charge in [-0.05, 0) is 37.5 Å². The van der Waals surface area contributed by atoms with Crippen molar-refractivity contribution in [2.24, 2.45) is 4.99 Å². The minimum atomic E-state index is 0.219. The van der Waals surface area contributed by atoms with Gasteiger partial charge in [0, 0.05) is 19.0 Å². The van der Waals surface area contributed by atoms with Gasteiger partial charge < -0.3 is 14.8 Å². The van der Waals surface area contributed by atoms with E-state index in [0.717, 1.165) is 30.3 Å². The molecule has 0 aliphatic carbocycles. The molecule has 0 saturated carbocycles. The van der Waals surface area contributed by atoms with E-state index in [9.17, 15) is 0 Å². The number of rotatable bonds is 4. The summed E-state index contributed by atoms with van der Waals surface area (Å²) in [5, 5.41) is 3.48. The minimum absolute atomic E-state index is 0.219. The van der Waals surface area contributed by atoms with E-state index in [-0.39, 0.29) is 6.04 Å². The summed E-state index contributed by atoms with van der Waals surface area (Å²) in [6.45, 7) is 3.08. The topological polar surface area (TPSA) is 42.8 Å². The number of nitrogens with one attached hydrogen (secondary N) is 1. The third kappa shape index (κ3) is 3.40. The van der Waals surface area contributed by atoms with Crippen LogP contribution >= 0.6 is 0 Å². The zero-order valence-electron chi connectivity index (χ0n) is 11.9. The predicted octanol–water partition coefficient (Wildman–Crippen LogP) is 2.94. The van der Waals surface area contributed by atoms with Gasteiger partial charge in [-0.25, -0.2) is 0 Å². The zero-order chi connectivity index (χ0) is 13.7. The Morgan fingerprint density at radius 3 is 2.58 bits per heavy atom. The standard InChI is InChI=1S/C15H22N2O2/c1-11(17-15-6-4-5-9-16-15)12-7-8-13(18-2)14(10-12)19-3/h7-8,10-11H,4-6,9H2,1-3H3,(H,16,17). The van der Waals surface area contributed by atoms with Crippen molar-refractivity contribution in [3.8, 4) is 11.5 Å². The molecule has 0 aromatic heterocycles. The van der Waals surface area contributed by atoms with E-state index in [1.54, 1.807) is 14.2 Å². The van der Waals surface area contributed by atoms with Gasteiger partial charge in [-0.3, -0.25) is 4.99 Å². The van der Waals surface area contributed by atoms with Crippen LogP contribution in [0, 0.1) is 0 Å². The number of ether oxygens (including phenoxy) is 2. The third-order valence-electron chi connectivity index (χ3n) is 3.42. The highest BCUT2D eigenvalue weighted by molar-refractivity contribution is 5.83. The minimum Gasteiger partial charge on any atom is -0.493 e. The molecule has 1 aromatic rings. The lowest BCUT2D eigenvalue weighted by atomic mass is 10.1. The second-order valence-corrected chi connectivity index (χ2v) is 4.77. The van der Waals surface area contributed by atoms with Crippen LogP contribution in [-0.4, -0.2) is 26.6 Å². The van der Waals surface area contributed by atoms with Gasteiger partial charge in [0.25, 0.3) is 0 Å². The highest BCUT2D eigenvalue weighted by atomic mass is 16.5. The van der Waals surface area contributed by atoms with E-state index in [4.69, 9.17) is 9.47 Å². The second kappa shape index (κ2) is 6.45. The number of amidine groups is 1. The van der Waals surface area contributed by atoms with Crippen LogP contribution in [-0.2, 0) is 0 Å². The summed E-state index contributed by atoms with van der Waals surface area (Å²) in [6.07, 6.45) is 3.48. The van der Waals surface area contributed by atoms with Crippen LogP contribution in [0.3, 0.4) is 0 Å². The van der Waals surface area contributed by atoms with Gasteiger partial charge in [-0.1, -0.05) is 6.07 Å². The maximum Gasteiger partial charge on any atom is 0.161 e. The van der Waals surface area contributed by atoms with E-state index >= 15 is 0 Å². The number of hydrogen-bond donors (Lipinski definition) is 1. The van der Waals surface area contributed by atoms with Crippen molar-refractivity contribution in [3.05, 3.63) is 23.8 Å². The Balaban J connectivity index is 2.10. The van der Waals surface area contributed by atoms with Crippen LogP contribution in [0.2, 0.25) is 0 Å². The maximum atomic E-state index is 5.33. The molecule has 1 unspecified atom stereocenters. The lowest BCUT2D eigenvalue weighted by molar-refractivity contribution is 0.354. The molecule has 1 aliphatic rings. The molecule has 0 bridgehead atoms. The molecule has 19 heavy (non-hydrogen) atoms. The number of benzene rings is 1. The van der Waals surface area contributed by atoms with Gasteiger partial charge in [-0.2, -0.15) is 0 Å². The van der Waals surface area contributed by atoms with Crippen LogP contribution in [0.4, 0.5) is 0 Å². The van der Waals surface area contributed by atoms with E-state index < -0.39 is 0 Å². The molecule has 0 amide bonds. The first-order valence-electron chi connectivity index (χ1n) is 6.76. The Morgan fingerprint density at radius 2 is 1.95 bits per heavy atom. The molecule has 2 rings (SSSR count). The van der Waals surface area contributed by atoms with E-state index in [1.165, 1.54) is 18.4 Å². The molecule has 0 radical (unpaired) electrons. The Morgan fingerprint density at radius 1 is 1.16 bits per heavy atom. The van der Waals surface area contributed by atoms with Crippen molar-refractivity contribution < 1.29 is 9.47 Å². The molecule has 1 N–H and O–H groups in total. The van der Waals surface area contributed by atoms with Crippen molar-refractivity contribution in [1.82, 2.24) is 5.32 Å². The van der Waals surface area contributed by atoms with E-state index in [0.29, 0.717) is 0 Å². The van der Waals surface area contributed by atoms with Crippen LogP contribution in [0.5, 0.6) is 11.5 Å². The monoisotopic (exact) mass is 262 g/mol. The summed E-state index contributed by atoms with van der Waals surface area (Å²) in [4.78, 5) is 4.52. The SMILES string of the molecule is COc1ccc(C(C)NC2=NCCCC2)cc1OC. The van der Waals surface area contributed by atoms with Crippen molar-refractivity contribution in [2.75, 3.05) is 20.8 Å². The van der Waals surface area contributed by atoms with E-state index in [1.807, 2.05) is 12.1 Å². The molecule has 0 fully saturated rings. The molecule has 1 heterocycles. The number of nitrogens with zero attached hydrogens (tertiary/aromatic N) is 1. The van der Waals surface area contributed by atoms with Gasteiger partial charge >= 0.3 is 0 Å². The zero-order valence-corrected chi connectivity index (χ0v) is 11.9. The van der Waals surface area contributed by atoms with Crippen LogP contribution in [0.1, 0.15) is 37.8 Å². The van der Waals surface area contributed by atoms with Crippen LogP contribution in [0.25, 0.3) is 0 Å². The summed E-state index contributed by atoms with van der Waals surface area (Å²) in [7, 11) is 3.31. The van der Waals surface area contributed by atoms with Crippen LogP contribution in [0.15, 0.2) is 23.2 Å². The predicted molar refractivity (Wildman–Crippen MR) is 77.2 cm³/mol. The quantitative estimate of drug-likeness (QED) is 0.907. The fourth-order valence-electron chi connectivity index (χ4n) is 2.27. The van der Waals surface area contributed by atoms with E-state index in [2.05, 4.69) is 23.3 Å². The maximum absolute atomic E-state index is 5.33. The Bertz CT molecular complexity index is 457. The molecule has 1 aromatic carbocycles. The molecule has 0 spiro atoms. The molecule has 1 atom stereocenters. The van der Waals surface area contributed by atoms with Gasteiger partial charge in [0.1, 0.15) is 0 Å². The fraction of sp³-hybridized carbons (Fsp3) is 0.533. The van der Waals surface area contributed by atoms with Gasteiger partial charge in [0.15, 0.2) is 11.5 Å². The lowest BCUT2D eigenvalue weighted by Crippen LogP contribution is -2.28. The van der Waals surface area contributed by atoms with Gasteiger partial charge in [-0.15, -0.1) is 0 Å². The number of hydrogen-bond acceptors (Lipinski definition) is 4. The first-order valence-corrected chi connectivity index (χ1v) is 6.76. The average molecular weight is 262 g/mol. The number of methoxy groups -OCH3 is 2. The Kier molecular flexibility index (Phi) is 4.66. The van der Waals surface area contributed by atoms with Crippen molar-refractivity contribution in [3.63, 3.8) is 0 Å². The van der Waals surface area contributed by atoms with Crippen molar-refractivity contribution in [2.45, 2.75) is 32.2 Å². The Hall–Kier alpha value is -1.71. The molecule has 4 heteroatoms. The molecule has 4 nitrogen and oxygen atoms in total. The van der Waals surface area contributed by atoms with Gasteiger partial charge in [0.05, 0.1) is 20.1 Å². The smallest absolute Gasteiger partial charge is 0.161 e. The Labute approximate surface area is 114 Å². The van der Waals surface area contributed by atoms with Crippen molar-refractivity contribution >= 4 is 5.84 Å². The summed E-state index contributed by atoms with van der Waals surface area (Å²) < 4.78 is 10.6. The molecular weight excluding hydrogens is 240 g/mol. The second-order valence-electron chi connectivity index (χ2n) is 4.77. The first-order chi connectivity index (χ1) is 9.24. The molecule has 0 saturated heterocycles. The molecular formula is C15H22N2O2. The highest BCUT2D eigenvalue weighted by Crippen LogP contribution is 2.29. The highest BCUT2D eigenvalue weighted by Gasteiger charge is 2.12. The van der Waals surface area contributed by atoms with Crippen LogP contribution < -0.4 is 14.8 Å². The number of aliphatic imine (C=N–C) groups is 1. The summed E-state index contributed by atoms with van der Waals surface area (Å²) in [5.74, 6) is 2.64. The normalized spacial score (nSPS) is 16.5. The summed E-state index contributed by atoms with van der Waals surface area (Å²) in [5.41, 5.74) is 1.17. The molecule has 104 valence electrons. The summed E-state index contributed by atoms with van der Waals surface area (Å²) in [6, 6.07) is 6.23. The molecule has 1 aliphatic heterocycles. The largest absolute Gasteiger partial charge is 0.493 e. The summed E-state index contributed by atoms with van der Waals surface area (Å²) >= 11 is 0.